The number of aromatic nitrogens is 3. The van der Waals surface area contributed by atoms with E-state index in [2.05, 4.69) is 20.1 Å². The number of nitrogens with one attached hydrogen (secondary N) is 2. The minimum absolute atomic E-state index is 0.0637. The second kappa shape index (κ2) is 8.34. The number of hydrogen-bond acceptors (Lipinski definition) is 5. The minimum Gasteiger partial charge on any atom is -0.382 e. The van der Waals surface area contributed by atoms with E-state index in [0.717, 1.165) is 42.3 Å². The number of benzene rings is 1. The van der Waals surface area contributed by atoms with E-state index in [4.69, 9.17) is 23.2 Å². The summed E-state index contributed by atoms with van der Waals surface area (Å²) in [5, 5.41) is 9.49. The normalized spacial score (nSPS) is 19.9. The van der Waals surface area contributed by atoms with Gasteiger partial charge in [-0.05, 0) is 56.9 Å². The molecular weight excluding hydrogens is 445 g/mol. The predicted octanol–water partition coefficient (Wildman–Crippen LogP) is 4.29. The minimum atomic E-state index is -3.72. The maximum absolute atomic E-state index is 12.8. The van der Waals surface area contributed by atoms with Gasteiger partial charge in [-0.25, -0.2) is 13.1 Å². The monoisotopic (exact) mass is 467 g/mol. The van der Waals surface area contributed by atoms with E-state index in [1.807, 2.05) is 24.3 Å². The molecule has 0 unspecified atom stereocenters. The van der Waals surface area contributed by atoms with Crippen molar-refractivity contribution in [2.45, 2.75) is 49.6 Å². The maximum atomic E-state index is 12.8. The van der Waals surface area contributed by atoms with Crippen LogP contribution in [0.15, 0.2) is 35.4 Å². The molecule has 160 valence electrons. The quantitative estimate of drug-likeness (QED) is 0.584. The van der Waals surface area contributed by atoms with Crippen LogP contribution in [0.1, 0.15) is 31.4 Å². The molecule has 1 saturated carbocycles. The molecule has 3 aromatic rings. The summed E-state index contributed by atoms with van der Waals surface area (Å²) in [6.07, 6.45) is 4.95. The third-order valence-electron chi connectivity index (χ3n) is 5.48. The Bertz CT molecular complexity index is 1190. The van der Waals surface area contributed by atoms with Gasteiger partial charge in [-0.15, -0.1) is 0 Å². The number of pyridine rings is 1. The summed E-state index contributed by atoms with van der Waals surface area (Å²) in [5.74, 6) is 0. The second-order valence-electron chi connectivity index (χ2n) is 7.66. The zero-order valence-corrected chi connectivity index (χ0v) is 19.0. The summed E-state index contributed by atoms with van der Waals surface area (Å²) < 4.78 is 29.8. The lowest BCUT2D eigenvalue weighted by atomic mass is 9.91. The van der Waals surface area contributed by atoms with Crippen molar-refractivity contribution in [3.8, 4) is 0 Å². The van der Waals surface area contributed by atoms with Crippen LogP contribution >= 0.6 is 23.2 Å². The summed E-state index contributed by atoms with van der Waals surface area (Å²) in [6.45, 7) is 1.65. The molecule has 0 spiro atoms. The highest BCUT2D eigenvalue weighted by Crippen LogP contribution is 2.30. The molecule has 0 bridgehead atoms. The van der Waals surface area contributed by atoms with Crippen molar-refractivity contribution in [1.82, 2.24) is 19.5 Å². The Morgan fingerprint density at radius 2 is 1.80 bits per heavy atom. The van der Waals surface area contributed by atoms with Crippen LogP contribution in [0.25, 0.3) is 10.9 Å². The number of anilines is 1. The van der Waals surface area contributed by atoms with Gasteiger partial charge in [0.2, 0.25) is 10.0 Å². The number of aryl methyl sites for hydroxylation is 2. The Balaban J connectivity index is 1.41. The molecule has 1 aromatic carbocycles. The average molecular weight is 468 g/mol. The van der Waals surface area contributed by atoms with Crippen LogP contribution in [-0.2, 0) is 17.1 Å². The Hall–Kier alpha value is -1.87. The Kier molecular flexibility index (Phi) is 5.94. The first-order valence-electron chi connectivity index (χ1n) is 9.77. The lowest BCUT2D eigenvalue weighted by Gasteiger charge is -2.30. The predicted molar refractivity (Wildman–Crippen MR) is 120 cm³/mol. The summed E-state index contributed by atoms with van der Waals surface area (Å²) in [4.78, 5) is 4.44. The number of halogens is 2. The summed E-state index contributed by atoms with van der Waals surface area (Å²) in [7, 11) is -2.09. The number of rotatable bonds is 5. The van der Waals surface area contributed by atoms with Gasteiger partial charge >= 0.3 is 0 Å². The summed E-state index contributed by atoms with van der Waals surface area (Å²) in [6, 6.07) is 7.76. The largest absolute Gasteiger partial charge is 0.382 e. The zero-order valence-electron chi connectivity index (χ0n) is 16.7. The third kappa shape index (κ3) is 4.27. The lowest BCUT2D eigenvalue weighted by Crippen LogP contribution is -2.40. The number of fused-ring (bicyclic) bond motifs is 1. The van der Waals surface area contributed by atoms with Crippen LogP contribution in [-0.4, -0.2) is 35.3 Å². The van der Waals surface area contributed by atoms with Crippen molar-refractivity contribution in [2.24, 2.45) is 7.05 Å². The van der Waals surface area contributed by atoms with Gasteiger partial charge in [0.1, 0.15) is 10.0 Å². The average Bonchev–Trinajstić information content (AvgIpc) is 2.95. The molecule has 4 rings (SSSR count). The van der Waals surface area contributed by atoms with Gasteiger partial charge in [-0.3, -0.25) is 9.67 Å². The van der Waals surface area contributed by atoms with Crippen LogP contribution in [0.2, 0.25) is 10.2 Å². The van der Waals surface area contributed by atoms with E-state index in [-0.39, 0.29) is 22.1 Å². The molecule has 2 N–H and O–H groups in total. The summed E-state index contributed by atoms with van der Waals surface area (Å²) in [5.41, 5.74) is 2.26. The topological polar surface area (TPSA) is 88.9 Å². The van der Waals surface area contributed by atoms with Crippen LogP contribution < -0.4 is 10.0 Å². The molecule has 0 radical (unpaired) electrons. The molecule has 2 aromatic heterocycles. The fourth-order valence-corrected chi connectivity index (χ4v) is 6.24. The highest BCUT2D eigenvalue weighted by Gasteiger charge is 2.30. The van der Waals surface area contributed by atoms with E-state index < -0.39 is 10.0 Å². The standard InChI is InChI=1S/C20H23Cl2N5O2S/c1-12-19(20(22)27(2)25-12)30(28,29)26-15-6-4-14(5-7-15)24-17-9-10-23-18-11-13(21)3-8-16(17)18/h3,8-11,14-15,26H,4-7H2,1-2H3,(H,23,24). The fraction of sp³-hybridized carbons (Fsp3) is 0.400. The van der Waals surface area contributed by atoms with E-state index >= 15 is 0 Å². The number of sulfonamides is 1. The van der Waals surface area contributed by atoms with Gasteiger partial charge in [0, 0.05) is 41.4 Å². The van der Waals surface area contributed by atoms with Crippen LogP contribution in [0.5, 0.6) is 0 Å². The van der Waals surface area contributed by atoms with E-state index in [1.165, 1.54) is 4.68 Å². The zero-order chi connectivity index (χ0) is 21.5. The Morgan fingerprint density at radius 1 is 1.10 bits per heavy atom. The van der Waals surface area contributed by atoms with Crippen LogP contribution in [0.4, 0.5) is 5.69 Å². The number of nitrogens with zero attached hydrogens (tertiary/aromatic N) is 3. The first-order chi connectivity index (χ1) is 14.2. The molecule has 1 aliphatic carbocycles. The Morgan fingerprint density at radius 3 is 2.47 bits per heavy atom. The highest BCUT2D eigenvalue weighted by atomic mass is 35.5. The van der Waals surface area contributed by atoms with Gasteiger partial charge in [0.25, 0.3) is 0 Å². The molecule has 1 aliphatic rings. The molecule has 0 amide bonds. The summed E-state index contributed by atoms with van der Waals surface area (Å²) >= 11 is 12.2. The molecule has 30 heavy (non-hydrogen) atoms. The SMILES string of the molecule is Cc1nn(C)c(Cl)c1S(=O)(=O)NC1CCC(Nc2ccnc3cc(Cl)ccc23)CC1. The van der Waals surface area contributed by atoms with Gasteiger partial charge in [-0.1, -0.05) is 23.2 Å². The molecule has 0 atom stereocenters. The molecule has 0 aliphatic heterocycles. The van der Waals surface area contributed by atoms with E-state index in [9.17, 15) is 8.42 Å². The first kappa shape index (κ1) is 21.4. The van der Waals surface area contributed by atoms with E-state index in [1.54, 1.807) is 20.2 Å². The van der Waals surface area contributed by atoms with Crippen molar-refractivity contribution in [1.29, 1.82) is 0 Å². The van der Waals surface area contributed by atoms with Gasteiger partial charge in [0.05, 0.1) is 11.2 Å². The van der Waals surface area contributed by atoms with Gasteiger partial charge in [0.15, 0.2) is 0 Å². The third-order valence-corrected chi connectivity index (χ3v) is 7.93. The number of hydrogen-bond donors (Lipinski definition) is 2. The first-order valence-corrected chi connectivity index (χ1v) is 12.0. The smallest absolute Gasteiger partial charge is 0.245 e. The molecule has 10 heteroatoms. The van der Waals surface area contributed by atoms with E-state index in [0.29, 0.717) is 10.7 Å². The molecule has 1 fully saturated rings. The van der Waals surface area contributed by atoms with Crippen LogP contribution in [0.3, 0.4) is 0 Å². The fourth-order valence-electron chi connectivity index (χ4n) is 4.02. The van der Waals surface area contributed by atoms with Gasteiger partial charge < -0.3 is 5.32 Å². The van der Waals surface area contributed by atoms with Crippen molar-refractivity contribution in [3.63, 3.8) is 0 Å². The molecule has 0 saturated heterocycles. The van der Waals surface area contributed by atoms with Crippen molar-refractivity contribution < 1.29 is 8.42 Å². The molecule has 2 heterocycles. The second-order valence-corrected chi connectivity index (χ2v) is 10.1. The highest BCUT2D eigenvalue weighted by molar-refractivity contribution is 7.89. The van der Waals surface area contributed by atoms with Gasteiger partial charge in [-0.2, -0.15) is 5.10 Å². The van der Waals surface area contributed by atoms with Crippen molar-refractivity contribution in [2.75, 3.05) is 5.32 Å². The maximum Gasteiger partial charge on any atom is 0.245 e. The molecular formula is C20H23Cl2N5O2S. The van der Waals surface area contributed by atoms with Crippen molar-refractivity contribution in [3.05, 3.63) is 46.3 Å². The molecule has 7 nitrogen and oxygen atoms in total. The lowest BCUT2D eigenvalue weighted by molar-refractivity contribution is 0.387. The van der Waals surface area contributed by atoms with Crippen molar-refractivity contribution >= 4 is 49.8 Å². The Labute approximate surface area is 185 Å². The van der Waals surface area contributed by atoms with Crippen LogP contribution in [0, 0.1) is 6.92 Å².